The summed E-state index contributed by atoms with van der Waals surface area (Å²) in [4.78, 5) is 30.4. The highest BCUT2D eigenvalue weighted by molar-refractivity contribution is 5.99. The first-order valence-electron chi connectivity index (χ1n) is 10.2. The number of carbonyl (C=O) groups is 1. The van der Waals surface area contributed by atoms with Gasteiger partial charge in [-0.2, -0.15) is 13.2 Å². The molecule has 0 spiro atoms. The van der Waals surface area contributed by atoms with Crippen molar-refractivity contribution in [1.82, 2.24) is 14.9 Å². The zero-order valence-electron chi connectivity index (χ0n) is 18.9. The van der Waals surface area contributed by atoms with Gasteiger partial charge in [0.1, 0.15) is 18.1 Å². The Labute approximate surface area is 190 Å². The van der Waals surface area contributed by atoms with E-state index in [1.165, 1.54) is 6.20 Å². The third-order valence-electron chi connectivity index (χ3n) is 4.73. The first-order chi connectivity index (χ1) is 15.6. The van der Waals surface area contributed by atoms with E-state index in [-0.39, 0.29) is 18.4 Å². The minimum atomic E-state index is -4.55. The fourth-order valence-corrected chi connectivity index (χ4v) is 2.90. The van der Waals surface area contributed by atoms with Gasteiger partial charge in [0.25, 0.3) is 5.91 Å². The molecule has 0 aliphatic rings. The Morgan fingerprint density at radius 3 is 2.55 bits per heavy atom. The van der Waals surface area contributed by atoms with E-state index < -0.39 is 17.9 Å². The van der Waals surface area contributed by atoms with Crippen LogP contribution in [0.25, 0.3) is 11.3 Å². The Balaban J connectivity index is 2.22. The molecule has 0 unspecified atom stereocenters. The van der Waals surface area contributed by atoms with E-state index in [9.17, 15) is 18.0 Å². The number of alkyl halides is 3. The van der Waals surface area contributed by atoms with E-state index in [0.29, 0.717) is 23.6 Å². The summed E-state index contributed by atoms with van der Waals surface area (Å²) in [5.41, 5.74) is 0.595. The van der Waals surface area contributed by atoms with Crippen molar-refractivity contribution in [3.8, 4) is 11.3 Å². The molecule has 0 saturated carbocycles. The summed E-state index contributed by atoms with van der Waals surface area (Å²) < 4.78 is 43.2. The number of ether oxygens (including phenoxy) is 1. The fourth-order valence-electron chi connectivity index (χ4n) is 2.90. The van der Waals surface area contributed by atoms with Gasteiger partial charge in [-0.3, -0.25) is 9.79 Å². The molecule has 10 heteroatoms. The molecule has 2 rings (SSSR count). The highest BCUT2D eigenvalue weighted by Gasteiger charge is 2.31. The number of aliphatic imine (C=N–C) groups is 2. The lowest BCUT2D eigenvalue weighted by atomic mass is 10.1. The summed E-state index contributed by atoms with van der Waals surface area (Å²) in [5.74, 6) is 0.0550. The van der Waals surface area contributed by atoms with Crippen molar-refractivity contribution in [3.63, 3.8) is 0 Å². The molecule has 0 saturated heterocycles. The van der Waals surface area contributed by atoms with E-state index in [1.54, 1.807) is 18.7 Å². The van der Waals surface area contributed by atoms with Gasteiger partial charge in [0, 0.05) is 18.3 Å². The predicted molar refractivity (Wildman–Crippen MR) is 121 cm³/mol. The predicted octanol–water partition coefficient (Wildman–Crippen LogP) is 4.84. The molecule has 1 aromatic heterocycles. The molecule has 176 valence electrons. The number of benzene rings is 1. The second-order valence-corrected chi connectivity index (χ2v) is 7.13. The van der Waals surface area contributed by atoms with E-state index in [4.69, 9.17) is 4.74 Å². The standard InChI is InChI=1S/C23H26F3N5O2/c1-6-31(15(2)14-33-20(27-5)13-28-16(3)23(24,25)26)22(32)19-12-29-17(4)30-21(19)18-10-8-7-9-11-18/h7-13,15H,5-6,14H2,1-4H3/b20-13+,28-16?/t15-/m0/s1. The number of hydrogen-bond acceptors (Lipinski definition) is 6. The van der Waals surface area contributed by atoms with Crippen LogP contribution in [-0.2, 0) is 4.74 Å². The Morgan fingerprint density at radius 1 is 1.30 bits per heavy atom. The van der Waals surface area contributed by atoms with E-state index >= 15 is 0 Å². The van der Waals surface area contributed by atoms with Gasteiger partial charge < -0.3 is 9.64 Å². The molecule has 2 aromatic rings. The highest BCUT2D eigenvalue weighted by atomic mass is 19.4. The molecule has 1 heterocycles. The van der Waals surface area contributed by atoms with Crippen LogP contribution >= 0.6 is 0 Å². The lowest BCUT2D eigenvalue weighted by Crippen LogP contribution is -2.41. The Bertz CT molecular complexity index is 1040. The Kier molecular flexibility index (Phi) is 8.84. The molecule has 1 atom stereocenters. The number of carbonyl (C=O) groups excluding carboxylic acids is 1. The van der Waals surface area contributed by atoms with Gasteiger partial charge in [0.2, 0.25) is 5.88 Å². The minimum absolute atomic E-state index is 0.0294. The van der Waals surface area contributed by atoms with Crippen LogP contribution in [0.1, 0.15) is 37.0 Å². The summed E-state index contributed by atoms with van der Waals surface area (Å²) in [6, 6.07) is 8.86. The van der Waals surface area contributed by atoms with E-state index in [0.717, 1.165) is 18.7 Å². The topological polar surface area (TPSA) is 80.0 Å². The largest absolute Gasteiger partial charge is 0.474 e. The summed E-state index contributed by atoms with van der Waals surface area (Å²) in [5, 5.41) is 0. The van der Waals surface area contributed by atoms with Crippen LogP contribution in [0.2, 0.25) is 0 Å². The average Bonchev–Trinajstić information content (AvgIpc) is 2.79. The number of aryl methyl sites for hydroxylation is 1. The summed E-state index contributed by atoms with van der Waals surface area (Å²) in [7, 11) is 0. The van der Waals surface area contributed by atoms with E-state index in [1.807, 2.05) is 37.3 Å². The highest BCUT2D eigenvalue weighted by Crippen LogP contribution is 2.23. The lowest BCUT2D eigenvalue weighted by Gasteiger charge is -2.28. The SMILES string of the molecule is C=N/C(=C\N=C(C)C(F)(F)F)OC[C@H](C)N(CC)C(=O)c1cnc(C)nc1-c1ccccc1. The molecular formula is C23H26F3N5O2. The Morgan fingerprint density at radius 2 is 1.97 bits per heavy atom. The number of aromatic nitrogens is 2. The first kappa shape index (κ1) is 25.7. The number of rotatable bonds is 9. The average molecular weight is 461 g/mol. The second kappa shape index (κ2) is 11.3. The van der Waals surface area contributed by atoms with Gasteiger partial charge >= 0.3 is 6.18 Å². The van der Waals surface area contributed by atoms with Crippen molar-refractivity contribution in [3.05, 3.63) is 60.0 Å². The normalized spacial score (nSPS) is 13.4. The first-order valence-corrected chi connectivity index (χ1v) is 10.2. The maximum Gasteiger partial charge on any atom is 0.429 e. The summed E-state index contributed by atoms with van der Waals surface area (Å²) in [6.07, 6.45) is -2.20. The van der Waals surface area contributed by atoms with Crippen molar-refractivity contribution < 1.29 is 22.7 Å². The van der Waals surface area contributed by atoms with Crippen LogP contribution in [0.4, 0.5) is 13.2 Å². The Hall–Kier alpha value is -3.56. The molecule has 0 aliphatic carbocycles. The van der Waals surface area contributed by atoms with Crippen molar-refractivity contribution in [2.24, 2.45) is 9.98 Å². The maximum atomic E-state index is 13.4. The third-order valence-corrected chi connectivity index (χ3v) is 4.73. The molecule has 0 N–H and O–H groups in total. The van der Waals surface area contributed by atoms with Crippen LogP contribution in [0.5, 0.6) is 0 Å². The van der Waals surface area contributed by atoms with Gasteiger partial charge in [0.05, 0.1) is 23.5 Å². The van der Waals surface area contributed by atoms with Crippen molar-refractivity contribution in [2.45, 2.75) is 39.9 Å². The second-order valence-electron chi connectivity index (χ2n) is 7.13. The number of halogens is 3. The molecule has 1 aromatic carbocycles. The van der Waals surface area contributed by atoms with Crippen LogP contribution in [0.15, 0.2) is 58.6 Å². The van der Waals surface area contributed by atoms with Crippen LogP contribution < -0.4 is 0 Å². The molecule has 0 bridgehead atoms. The molecule has 1 amide bonds. The van der Waals surface area contributed by atoms with Crippen molar-refractivity contribution in [1.29, 1.82) is 0 Å². The van der Waals surface area contributed by atoms with Gasteiger partial charge in [-0.05, 0) is 34.4 Å². The summed E-state index contributed by atoms with van der Waals surface area (Å²) in [6.45, 7) is 9.77. The van der Waals surface area contributed by atoms with Crippen LogP contribution in [0.3, 0.4) is 0 Å². The molecule has 0 radical (unpaired) electrons. The van der Waals surface area contributed by atoms with Crippen molar-refractivity contribution in [2.75, 3.05) is 13.2 Å². The van der Waals surface area contributed by atoms with Crippen molar-refractivity contribution >= 4 is 18.3 Å². The molecule has 33 heavy (non-hydrogen) atoms. The number of amides is 1. The zero-order chi connectivity index (χ0) is 24.6. The van der Waals surface area contributed by atoms with E-state index in [2.05, 4.69) is 26.7 Å². The van der Waals surface area contributed by atoms with Gasteiger partial charge in [0.15, 0.2) is 0 Å². The minimum Gasteiger partial charge on any atom is -0.474 e. The third kappa shape index (κ3) is 6.96. The smallest absolute Gasteiger partial charge is 0.429 e. The van der Waals surface area contributed by atoms with Crippen LogP contribution in [-0.4, -0.2) is 58.6 Å². The molecule has 0 aliphatic heterocycles. The van der Waals surface area contributed by atoms with Gasteiger partial charge in [-0.25, -0.2) is 15.0 Å². The molecule has 7 nitrogen and oxygen atoms in total. The van der Waals surface area contributed by atoms with Gasteiger partial charge in [-0.15, -0.1) is 0 Å². The lowest BCUT2D eigenvalue weighted by molar-refractivity contribution is -0.0592. The number of hydrogen-bond donors (Lipinski definition) is 0. The number of likely N-dealkylation sites (N-methyl/N-ethyl adjacent to an activating group) is 1. The van der Waals surface area contributed by atoms with Crippen LogP contribution in [0, 0.1) is 6.92 Å². The quantitative estimate of drug-likeness (QED) is 0.395. The monoisotopic (exact) mass is 461 g/mol. The molecule has 0 fully saturated rings. The van der Waals surface area contributed by atoms with Gasteiger partial charge in [-0.1, -0.05) is 30.3 Å². The maximum absolute atomic E-state index is 13.4. The zero-order valence-corrected chi connectivity index (χ0v) is 18.9. The fraction of sp³-hybridized carbons (Fsp3) is 0.348. The number of nitrogens with zero attached hydrogens (tertiary/aromatic N) is 5. The summed E-state index contributed by atoms with van der Waals surface area (Å²) >= 11 is 0. The molecular weight excluding hydrogens is 435 g/mol.